The van der Waals surface area contributed by atoms with E-state index in [0.29, 0.717) is 31.9 Å². The largest absolute Gasteiger partial charge is 0.504 e. The van der Waals surface area contributed by atoms with Crippen LogP contribution in [0.15, 0.2) is 35.3 Å². The molecule has 0 aliphatic carbocycles. The molecule has 0 saturated heterocycles. The minimum atomic E-state index is -0.662. The zero-order valence-corrected chi connectivity index (χ0v) is 15.3. The third kappa shape index (κ3) is 5.78. The second-order valence-corrected chi connectivity index (χ2v) is 5.84. The van der Waals surface area contributed by atoms with Crippen molar-refractivity contribution in [2.45, 2.75) is 0 Å². The van der Waals surface area contributed by atoms with Crippen LogP contribution >= 0.6 is 0 Å². The number of nitrogens with zero attached hydrogens (tertiary/aromatic N) is 1. The molecule has 2 rings (SSSR count). The number of benzene rings is 2. The Bertz CT molecular complexity index is 831. The molecule has 0 bridgehead atoms. The van der Waals surface area contributed by atoms with E-state index in [9.17, 15) is 25.2 Å². The van der Waals surface area contributed by atoms with Gasteiger partial charge in [-0.1, -0.05) is 0 Å². The van der Waals surface area contributed by atoms with Crippen molar-refractivity contribution in [3.63, 3.8) is 0 Å². The summed E-state index contributed by atoms with van der Waals surface area (Å²) >= 11 is 0. The van der Waals surface area contributed by atoms with E-state index in [2.05, 4.69) is 15.6 Å². The Balaban J connectivity index is 1.66. The van der Waals surface area contributed by atoms with Gasteiger partial charge in [0.2, 0.25) is 0 Å². The van der Waals surface area contributed by atoms with Gasteiger partial charge in [0.05, 0.1) is 13.7 Å². The SMILES string of the molecule is COc1cc(C=NCCNCCNC(=O)c2cc(O)c(O)c(O)c2)ccc1O. The number of methoxy groups -OCH3 is 1. The van der Waals surface area contributed by atoms with Crippen LogP contribution in [0.25, 0.3) is 0 Å². The van der Waals surface area contributed by atoms with Gasteiger partial charge in [0.25, 0.3) is 5.91 Å². The lowest BCUT2D eigenvalue weighted by Gasteiger charge is -2.08. The van der Waals surface area contributed by atoms with Gasteiger partial charge >= 0.3 is 0 Å². The summed E-state index contributed by atoms with van der Waals surface area (Å²) in [6.07, 6.45) is 1.68. The average molecular weight is 389 g/mol. The minimum absolute atomic E-state index is 0.0433. The fourth-order valence-electron chi connectivity index (χ4n) is 2.31. The minimum Gasteiger partial charge on any atom is -0.504 e. The van der Waals surface area contributed by atoms with Crippen LogP contribution in [0.4, 0.5) is 0 Å². The number of aliphatic imine (C=N–C) groups is 1. The van der Waals surface area contributed by atoms with E-state index in [1.54, 1.807) is 18.3 Å². The Labute approximate surface area is 161 Å². The molecule has 0 heterocycles. The van der Waals surface area contributed by atoms with Crippen molar-refractivity contribution in [2.75, 3.05) is 33.3 Å². The van der Waals surface area contributed by atoms with Crippen molar-refractivity contribution in [2.24, 2.45) is 4.99 Å². The Morgan fingerprint density at radius 3 is 2.43 bits per heavy atom. The molecule has 1 amide bonds. The summed E-state index contributed by atoms with van der Waals surface area (Å²) in [5, 5.41) is 43.4. The molecule has 0 fully saturated rings. The summed E-state index contributed by atoms with van der Waals surface area (Å²) in [4.78, 5) is 16.2. The second kappa shape index (κ2) is 10.0. The van der Waals surface area contributed by atoms with Gasteiger partial charge in [0, 0.05) is 31.4 Å². The Kier molecular flexibility index (Phi) is 7.46. The molecule has 2 aromatic carbocycles. The highest BCUT2D eigenvalue weighted by molar-refractivity contribution is 5.95. The number of aromatic hydroxyl groups is 4. The molecule has 0 aliphatic rings. The number of phenolic OH excluding ortho intramolecular Hbond substituents is 4. The lowest BCUT2D eigenvalue weighted by atomic mass is 10.1. The maximum atomic E-state index is 11.9. The first-order valence-electron chi connectivity index (χ1n) is 8.53. The Morgan fingerprint density at radius 1 is 1.04 bits per heavy atom. The van der Waals surface area contributed by atoms with Gasteiger partial charge in [-0.05, 0) is 35.9 Å². The fraction of sp³-hybridized carbons (Fsp3) is 0.263. The zero-order chi connectivity index (χ0) is 20.5. The van der Waals surface area contributed by atoms with Crippen LogP contribution in [0.2, 0.25) is 0 Å². The topological polar surface area (TPSA) is 144 Å². The number of carbonyl (C=O) groups excluding carboxylic acids is 1. The van der Waals surface area contributed by atoms with Crippen LogP contribution in [0.3, 0.4) is 0 Å². The number of rotatable bonds is 9. The van der Waals surface area contributed by atoms with E-state index in [0.717, 1.165) is 17.7 Å². The standard InChI is InChI=1S/C19H23N3O6/c1-28-17-8-12(2-3-14(17)23)11-21-5-4-20-6-7-22-19(27)13-9-15(24)18(26)16(25)10-13/h2-3,8-11,20,23-26H,4-7H2,1H3,(H,22,27). The predicted molar refractivity (Wildman–Crippen MR) is 104 cm³/mol. The molecule has 9 heteroatoms. The maximum Gasteiger partial charge on any atom is 0.251 e. The second-order valence-electron chi connectivity index (χ2n) is 5.84. The van der Waals surface area contributed by atoms with Gasteiger partial charge in [-0.3, -0.25) is 9.79 Å². The quantitative estimate of drug-likeness (QED) is 0.213. The molecule has 6 N–H and O–H groups in total. The van der Waals surface area contributed by atoms with Gasteiger partial charge in [0.1, 0.15) is 0 Å². The lowest BCUT2D eigenvalue weighted by Crippen LogP contribution is -2.32. The smallest absolute Gasteiger partial charge is 0.251 e. The fourth-order valence-corrected chi connectivity index (χ4v) is 2.31. The van der Waals surface area contributed by atoms with Crippen molar-refractivity contribution in [3.8, 4) is 28.7 Å². The van der Waals surface area contributed by atoms with Crippen LogP contribution in [-0.4, -0.2) is 65.8 Å². The predicted octanol–water partition coefficient (Wildman–Crippen LogP) is 0.956. The number of nitrogens with one attached hydrogen (secondary N) is 2. The van der Waals surface area contributed by atoms with E-state index in [1.807, 2.05) is 0 Å². The van der Waals surface area contributed by atoms with Crippen molar-refractivity contribution >= 4 is 12.1 Å². The van der Waals surface area contributed by atoms with E-state index in [-0.39, 0.29) is 11.3 Å². The summed E-state index contributed by atoms with van der Waals surface area (Å²) in [6.45, 7) is 1.96. The highest BCUT2D eigenvalue weighted by Gasteiger charge is 2.12. The summed E-state index contributed by atoms with van der Waals surface area (Å²) in [7, 11) is 1.48. The normalized spacial score (nSPS) is 10.9. The first-order chi connectivity index (χ1) is 13.4. The van der Waals surface area contributed by atoms with E-state index < -0.39 is 23.2 Å². The van der Waals surface area contributed by atoms with Gasteiger partial charge in [-0.15, -0.1) is 0 Å². The molecule has 2 aromatic rings. The highest BCUT2D eigenvalue weighted by atomic mass is 16.5. The van der Waals surface area contributed by atoms with E-state index >= 15 is 0 Å². The number of ether oxygens (including phenoxy) is 1. The average Bonchev–Trinajstić information content (AvgIpc) is 2.68. The van der Waals surface area contributed by atoms with Gasteiger partial charge in [-0.2, -0.15) is 0 Å². The van der Waals surface area contributed by atoms with Crippen molar-refractivity contribution in [3.05, 3.63) is 41.5 Å². The molecule has 0 atom stereocenters. The lowest BCUT2D eigenvalue weighted by molar-refractivity contribution is 0.0953. The molecule has 9 nitrogen and oxygen atoms in total. The third-order valence-corrected chi connectivity index (χ3v) is 3.78. The van der Waals surface area contributed by atoms with Gasteiger partial charge in [-0.25, -0.2) is 0 Å². The Hall–Kier alpha value is -3.46. The molecular weight excluding hydrogens is 366 g/mol. The van der Waals surface area contributed by atoms with Crippen molar-refractivity contribution < 1.29 is 30.0 Å². The monoisotopic (exact) mass is 389 g/mol. The molecule has 0 unspecified atom stereocenters. The molecule has 0 aromatic heterocycles. The molecule has 0 spiro atoms. The van der Waals surface area contributed by atoms with Crippen LogP contribution in [0.1, 0.15) is 15.9 Å². The van der Waals surface area contributed by atoms with Gasteiger partial charge < -0.3 is 35.8 Å². The summed E-state index contributed by atoms with van der Waals surface area (Å²) in [5.74, 6) is -1.81. The number of phenols is 4. The molecule has 28 heavy (non-hydrogen) atoms. The maximum absolute atomic E-state index is 11.9. The molecule has 150 valence electrons. The number of amides is 1. The van der Waals surface area contributed by atoms with Crippen LogP contribution < -0.4 is 15.4 Å². The van der Waals surface area contributed by atoms with E-state index in [4.69, 9.17) is 4.74 Å². The summed E-state index contributed by atoms with van der Waals surface area (Å²) in [5.41, 5.74) is 0.851. The van der Waals surface area contributed by atoms with Crippen molar-refractivity contribution in [1.29, 1.82) is 0 Å². The van der Waals surface area contributed by atoms with Gasteiger partial charge in [0.15, 0.2) is 28.7 Å². The number of hydrogen-bond donors (Lipinski definition) is 6. The third-order valence-electron chi connectivity index (χ3n) is 3.78. The molecule has 0 radical (unpaired) electrons. The Morgan fingerprint density at radius 2 is 1.75 bits per heavy atom. The highest BCUT2D eigenvalue weighted by Crippen LogP contribution is 2.35. The summed E-state index contributed by atoms with van der Waals surface area (Å²) < 4.78 is 5.03. The molecule has 0 aliphatic heterocycles. The van der Waals surface area contributed by atoms with Crippen LogP contribution in [0, 0.1) is 0 Å². The van der Waals surface area contributed by atoms with Crippen LogP contribution in [-0.2, 0) is 0 Å². The van der Waals surface area contributed by atoms with Crippen molar-refractivity contribution in [1.82, 2.24) is 10.6 Å². The molecule has 0 saturated carbocycles. The summed E-state index contributed by atoms with van der Waals surface area (Å²) in [6, 6.07) is 7.09. The molecular formula is C19H23N3O6. The number of hydrogen-bond acceptors (Lipinski definition) is 8. The first kappa shape index (κ1) is 20.8. The van der Waals surface area contributed by atoms with Crippen LogP contribution in [0.5, 0.6) is 28.7 Å². The zero-order valence-electron chi connectivity index (χ0n) is 15.3. The van der Waals surface area contributed by atoms with E-state index in [1.165, 1.54) is 13.2 Å². The number of carbonyl (C=O) groups is 1. The first-order valence-corrected chi connectivity index (χ1v) is 8.53.